The lowest BCUT2D eigenvalue weighted by atomic mass is 10.1. The Balaban J connectivity index is 2.43. The fourth-order valence-corrected chi connectivity index (χ4v) is 2.44. The Morgan fingerprint density at radius 3 is 3.15 bits per heavy atom. The van der Waals surface area contributed by atoms with Gasteiger partial charge in [0.25, 0.3) is 0 Å². The highest BCUT2D eigenvalue weighted by Gasteiger charge is 2.22. The number of rotatable bonds is 2. The highest BCUT2D eigenvalue weighted by Crippen LogP contribution is 2.31. The van der Waals surface area contributed by atoms with Gasteiger partial charge in [-0.2, -0.15) is 0 Å². The molecular formula is C10H13NOS. The third-order valence-corrected chi connectivity index (χ3v) is 3.29. The number of aliphatic hydroxyl groups excluding tert-OH is 1. The minimum absolute atomic E-state index is 0.141. The van der Waals surface area contributed by atoms with Crippen molar-refractivity contribution in [2.24, 2.45) is 0 Å². The van der Waals surface area contributed by atoms with Crippen LogP contribution < -0.4 is 5.32 Å². The Morgan fingerprint density at radius 2 is 2.46 bits per heavy atom. The Morgan fingerprint density at radius 1 is 1.62 bits per heavy atom. The molecule has 13 heavy (non-hydrogen) atoms. The van der Waals surface area contributed by atoms with Crippen LogP contribution in [0.15, 0.2) is 23.1 Å². The zero-order valence-electron chi connectivity index (χ0n) is 7.58. The minimum Gasteiger partial charge on any atom is -0.394 e. The van der Waals surface area contributed by atoms with E-state index in [4.69, 9.17) is 5.11 Å². The summed E-state index contributed by atoms with van der Waals surface area (Å²) in [7, 11) is 0. The van der Waals surface area contributed by atoms with Crippen LogP contribution in [0.3, 0.4) is 0 Å². The van der Waals surface area contributed by atoms with Crippen LogP contribution in [0, 0.1) is 0 Å². The molecule has 3 heteroatoms. The lowest BCUT2D eigenvalue weighted by molar-refractivity contribution is 0.251. The van der Waals surface area contributed by atoms with Gasteiger partial charge in [-0.05, 0) is 23.4 Å². The molecule has 1 aromatic rings. The largest absolute Gasteiger partial charge is 0.394 e. The van der Waals surface area contributed by atoms with Gasteiger partial charge in [-0.15, -0.1) is 11.8 Å². The molecule has 1 aliphatic heterocycles. The maximum Gasteiger partial charge on any atom is 0.0626 e. The van der Waals surface area contributed by atoms with Crippen molar-refractivity contribution in [2.45, 2.75) is 17.5 Å². The molecule has 0 amide bonds. The predicted octanol–water partition coefficient (Wildman–Crippen LogP) is 1.55. The predicted molar refractivity (Wildman–Crippen MR) is 54.9 cm³/mol. The average molecular weight is 195 g/mol. The highest BCUT2D eigenvalue weighted by molar-refractivity contribution is 7.98. The van der Waals surface area contributed by atoms with Crippen molar-refractivity contribution < 1.29 is 5.11 Å². The first-order valence-electron chi connectivity index (χ1n) is 4.37. The second-order valence-electron chi connectivity index (χ2n) is 3.14. The normalized spacial score (nSPS) is 20.3. The first kappa shape index (κ1) is 9.06. The van der Waals surface area contributed by atoms with E-state index in [0.717, 1.165) is 6.54 Å². The lowest BCUT2D eigenvalue weighted by Gasteiger charge is -2.08. The summed E-state index contributed by atoms with van der Waals surface area (Å²) in [5.74, 6) is 0. The van der Waals surface area contributed by atoms with Crippen molar-refractivity contribution in [3.63, 3.8) is 0 Å². The number of hydrogen-bond donors (Lipinski definition) is 2. The monoisotopic (exact) mass is 195 g/mol. The van der Waals surface area contributed by atoms with Crippen molar-refractivity contribution >= 4 is 11.8 Å². The molecule has 0 saturated carbocycles. The van der Waals surface area contributed by atoms with Gasteiger partial charge in [0.1, 0.15) is 0 Å². The average Bonchev–Trinajstić information content (AvgIpc) is 2.60. The zero-order valence-corrected chi connectivity index (χ0v) is 8.40. The van der Waals surface area contributed by atoms with Crippen LogP contribution in [-0.2, 0) is 6.54 Å². The van der Waals surface area contributed by atoms with E-state index in [1.54, 1.807) is 11.8 Å². The third-order valence-electron chi connectivity index (χ3n) is 2.47. The van der Waals surface area contributed by atoms with E-state index in [1.165, 1.54) is 16.0 Å². The molecule has 0 unspecified atom stereocenters. The molecule has 1 aromatic carbocycles. The maximum atomic E-state index is 9.11. The number of fused-ring (bicyclic) bond motifs is 1. The maximum absolute atomic E-state index is 9.11. The van der Waals surface area contributed by atoms with E-state index >= 15 is 0 Å². The Kier molecular flexibility index (Phi) is 2.58. The molecule has 2 rings (SSSR count). The topological polar surface area (TPSA) is 32.3 Å². The Hall–Kier alpha value is -0.510. The van der Waals surface area contributed by atoms with E-state index in [0.29, 0.717) is 0 Å². The van der Waals surface area contributed by atoms with Gasteiger partial charge in [-0.25, -0.2) is 0 Å². The molecule has 1 heterocycles. The summed E-state index contributed by atoms with van der Waals surface area (Å²) in [5, 5.41) is 12.4. The molecule has 0 radical (unpaired) electrons. The molecule has 70 valence electrons. The smallest absolute Gasteiger partial charge is 0.0626 e. The summed E-state index contributed by atoms with van der Waals surface area (Å²) in [4.78, 5) is 1.32. The summed E-state index contributed by atoms with van der Waals surface area (Å²) in [6.45, 7) is 1.07. The number of hydrogen-bond acceptors (Lipinski definition) is 3. The Bertz CT molecular complexity index is 314. The SMILES string of the molecule is CSc1cccc2c1CN[C@@H]2CO. The molecule has 2 N–H and O–H groups in total. The summed E-state index contributed by atoms with van der Waals surface area (Å²) in [6.07, 6.45) is 2.09. The van der Waals surface area contributed by atoms with Gasteiger partial charge in [0, 0.05) is 11.4 Å². The first-order chi connectivity index (χ1) is 6.36. The molecule has 1 atom stereocenters. The van der Waals surface area contributed by atoms with Crippen molar-refractivity contribution in [2.75, 3.05) is 12.9 Å². The summed E-state index contributed by atoms with van der Waals surface area (Å²) >= 11 is 1.77. The van der Waals surface area contributed by atoms with E-state index in [1.807, 2.05) is 0 Å². The van der Waals surface area contributed by atoms with Gasteiger partial charge in [0.15, 0.2) is 0 Å². The van der Waals surface area contributed by atoms with E-state index in [2.05, 4.69) is 29.8 Å². The molecular weight excluding hydrogens is 182 g/mol. The van der Waals surface area contributed by atoms with Crippen LogP contribution in [0.5, 0.6) is 0 Å². The number of benzene rings is 1. The standard InChI is InChI=1S/C10H13NOS/c1-13-10-4-2-3-7-8(10)5-11-9(7)6-12/h2-4,9,11-12H,5-6H2,1H3/t9-/m1/s1. The van der Waals surface area contributed by atoms with Gasteiger partial charge in [0.05, 0.1) is 12.6 Å². The van der Waals surface area contributed by atoms with Crippen LogP contribution in [0.4, 0.5) is 0 Å². The molecule has 2 nitrogen and oxygen atoms in total. The quantitative estimate of drug-likeness (QED) is 0.702. The van der Waals surface area contributed by atoms with Crippen molar-refractivity contribution in [1.29, 1.82) is 0 Å². The van der Waals surface area contributed by atoms with Crippen LogP contribution in [0.1, 0.15) is 17.2 Å². The third kappa shape index (κ3) is 1.47. The fraction of sp³-hybridized carbons (Fsp3) is 0.400. The molecule has 0 bridgehead atoms. The molecule has 0 aromatic heterocycles. The van der Waals surface area contributed by atoms with Gasteiger partial charge >= 0.3 is 0 Å². The molecule has 1 aliphatic rings. The zero-order chi connectivity index (χ0) is 9.26. The van der Waals surface area contributed by atoms with Gasteiger partial charge in [0.2, 0.25) is 0 Å². The van der Waals surface area contributed by atoms with Gasteiger partial charge in [-0.3, -0.25) is 0 Å². The van der Waals surface area contributed by atoms with E-state index < -0.39 is 0 Å². The minimum atomic E-state index is 0.141. The molecule has 0 aliphatic carbocycles. The fourth-order valence-electron chi connectivity index (χ4n) is 1.79. The summed E-state index contributed by atoms with van der Waals surface area (Å²) in [6, 6.07) is 6.42. The van der Waals surface area contributed by atoms with Crippen LogP contribution in [-0.4, -0.2) is 18.0 Å². The number of nitrogens with one attached hydrogen (secondary N) is 1. The second kappa shape index (κ2) is 3.70. The van der Waals surface area contributed by atoms with Crippen molar-refractivity contribution in [1.82, 2.24) is 5.32 Å². The van der Waals surface area contributed by atoms with E-state index in [9.17, 15) is 0 Å². The molecule has 0 spiro atoms. The summed E-state index contributed by atoms with van der Waals surface area (Å²) in [5.41, 5.74) is 2.61. The Labute approximate surface area is 82.4 Å². The molecule has 0 fully saturated rings. The number of thioether (sulfide) groups is 1. The summed E-state index contributed by atoms with van der Waals surface area (Å²) < 4.78 is 0. The lowest BCUT2D eigenvalue weighted by Crippen LogP contribution is -2.15. The second-order valence-corrected chi connectivity index (χ2v) is 3.99. The van der Waals surface area contributed by atoms with Gasteiger partial charge in [-0.1, -0.05) is 12.1 Å². The van der Waals surface area contributed by atoms with Crippen molar-refractivity contribution in [3.8, 4) is 0 Å². The van der Waals surface area contributed by atoms with Crippen LogP contribution in [0.25, 0.3) is 0 Å². The van der Waals surface area contributed by atoms with Gasteiger partial charge < -0.3 is 10.4 Å². The molecule has 0 saturated heterocycles. The van der Waals surface area contributed by atoms with Crippen LogP contribution in [0.2, 0.25) is 0 Å². The highest BCUT2D eigenvalue weighted by atomic mass is 32.2. The number of aliphatic hydroxyl groups is 1. The first-order valence-corrected chi connectivity index (χ1v) is 5.59. The van der Waals surface area contributed by atoms with Crippen molar-refractivity contribution in [3.05, 3.63) is 29.3 Å². The van der Waals surface area contributed by atoms with Crippen LogP contribution >= 0.6 is 11.8 Å². The van der Waals surface area contributed by atoms with E-state index in [-0.39, 0.29) is 12.6 Å².